The molecule has 5 nitrogen and oxygen atoms in total. The first-order chi connectivity index (χ1) is 12.3. The van der Waals surface area contributed by atoms with Crippen molar-refractivity contribution in [3.05, 3.63) is 40.7 Å². The summed E-state index contributed by atoms with van der Waals surface area (Å²) in [6.07, 6.45) is 5.54. The SMILES string of the molecule is Cc1nc(N2CCN(c3ccccn3)CC2)c2c3c(sc2n1)CCC3. The second kappa shape index (κ2) is 5.95. The van der Waals surface area contributed by atoms with Crippen molar-refractivity contribution in [2.45, 2.75) is 26.2 Å². The van der Waals surface area contributed by atoms with Crippen molar-refractivity contribution in [1.29, 1.82) is 0 Å². The highest BCUT2D eigenvalue weighted by Gasteiger charge is 2.26. The minimum Gasteiger partial charge on any atom is -0.353 e. The van der Waals surface area contributed by atoms with Crippen molar-refractivity contribution >= 4 is 33.2 Å². The normalized spacial score (nSPS) is 17.3. The van der Waals surface area contributed by atoms with Gasteiger partial charge in [0.2, 0.25) is 0 Å². The van der Waals surface area contributed by atoms with Gasteiger partial charge in [0, 0.05) is 37.3 Å². The maximum atomic E-state index is 4.86. The minimum atomic E-state index is 0.884. The summed E-state index contributed by atoms with van der Waals surface area (Å²) in [6.45, 7) is 5.93. The topological polar surface area (TPSA) is 45.2 Å². The molecule has 0 spiro atoms. The van der Waals surface area contributed by atoms with Crippen LogP contribution in [0.25, 0.3) is 10.2 Å². The molecule has 0 N–H and O–H groups in total. The third-order valence-corrected chi connectivity index (χ3v) is 6.40. The molecule has 2 aliphatic rings. The van der Waals surface area contributed by atoms with E-state index in [9.17, 15) is 0 Å². The number of fused-ring (bicyclic) bond motifs is 3. The van der Waals surface area contributed by atoms with E-state index < -0.39 is 0 Å². The fourth-order valence-corrected chi connectivity index (χ4v) is 5.30. The van der Waals surface area contributed by atoms with Crippen molar-refractivity contribution < 1.29 is 0 Å². The highest BCUT2D eigenvalue weighted by atomic mass is 32.1. The number of rotatable bonds is 2. The molecule has 5 rings (SSSR count). The number of piperazine rings is 1. The van der Waals surface area contributed by atoms with Crippen LogP contribution < -0.4 is 9.80 Å². The number of aromatic nitrogens is 3. The fourth-order valence-electron chi connectivity index (χ4n) is 4.00. The van der Waals surface area contributed by atoms with Gasteiger partial charge < -0.3 is 9.80 Å². The van der Waals surface area contributed by atoms with Gasteiger partial charge in [-0.05, 0) is 43.9 Å². The molecule has 0 unspecified atom stereocenters. The van der Waals surface area contributed by atoms with E-state index in [0.717, 1.165) is 43.6 Å². The van der Waals surface area contributed by atoms with Crippen LogP contribution in [-0.2, 0) is 12.8 Å². The predicted molar refractivity (Wildman–Crippen MR) is 103 cm³/mol. The van der Waals surface area contributed by atoms with Crippen LogP contribution in [0.3, 0.4) is 0 Å². The van der Waals surface area contributed by atoms with Crippen LogP contribution >= 0.6 is 11.3 Å². The van der Waals surface area contributed by atoms with Gasteiger partial charge in [0.15, 0.2) is 0 Å². The van der Waals surface area contributed by atoms with E-state index in [-0.39, 0.29) is 0 Å². The fraction of sp³-hybridized carbons (Fsp3) is 0.421. The average Bonchev–Trinajstić information content (AvgIpc) is 3.22. The lowest BCUT2D eigenvalue weighted by Crippen LogP contribution is -2.47. The molecule has 25 heavy (non-hydrogen) atoms. The average molecular weight is 351 g/mol. The molecule has 128 valence electrons. The van der Waals surface area contributed by atoms with Crippen LogP contribution in [-0.4, -0.2) is 41.1 Å². The number of hydrogen-bond donors (Lipinski definition) is 0. The van der Waals surface area contributed by atoms with Crippen molar-refractivity contribution in [3.63, 3.8) is 0 Å². The number of hydrogen-bond acceptors (Lipinski definition) is 6. The second-order valence-corrected chi connectivity index (χ2v) is 7.88. The zero-order valence-corrected chi connectivity index (χ0v) is 15.2. The third kappa shape index (κ3) is 2.56. The molecular weight excluding hydrogens is 330 g/mol. The summed E-state index contributed by atoms with van der Waals surface area (Å²) in [5, 5.41) is 1.33. The summed E-state index contributed by atoms with van der Waals surface area (Å²) in [5.74, 6) is 3.11. The maximum Gasteiger partial charge on any atom is 0.141 e. The van der Waals surface area contributed by atoms with Gasteiger partial charge >= 0.3 is 0 Å². The Balaban J connectivity index is 1.46. The van der Waals surface area contributed by atoms with Gasteiger partial charge in [-0.15, -0.1) is 11.3 Å². The summed E-state index contributed by atoms with van der Waals surface area (Å²) in [5.41, 5.74) is 1.52. The molecule has 3 aromatic heterocycles. The molecule has 0 amide bonds. The number of anilines is 2. The summed E-state index contributed by atoms with van der Waals surface area (Å²) < 4.78 is 0. The molecule has 6 heteroatoms. The van der Waals surface area contributed by atoms with Crippen LogP contribution in [0.2, 0.25) is 0 Å². The Hall–Kier alpha value is -2.21. The Labute approximate surface area is 151 Å². The van der Waals surface area contributed by atoms with E-state index >= 15 is 0 Å². The number of pyridine rings is 1. The highest BCUT2D eigenvalue weighted by molar-refractivity contribution is 7.19. The first kappa shape index (κ1) is 15.1. The molecule has 4 heterocycles. The Morgan fingerprint density at radius 1 is 1.00 bits per heavy atom. The molecular formula is C19H21N5S. The molecule has 1 aliphatic carbocycles. The zero-order valence-electron chi connectivity index (χ0n) is 14.4. The predicted octanol–water partition coefficient (Wildman–Crippen LogP) is 3.21. The second-order valence-electron chi connectivity index (χ2n) is 6.79. The van der Waals surface area contributed by atoms with Crippen LogP contribution in [0.1, 0.15) is 22.7 Å². The van der Waals surface area contributed by atoms with Gasteiger partial charge in [-0.2, -0.15) is 0 Å². The van der Waals surface area contributed by atoms with Gasteiger partial charge in [0.1, 0.15) is 22.3 Å². The lowest BCUT2D eigenvalue weighted by atomic mass is 10.1. The van der Waals surface area contributed by atoms with Crippen LogP contribution in [0, 0.1) is 6.92 Å². The summed E-state index contributed by atoms with van der Waals surface area (Å²) >= 11 is 1.88. The molecule has 0 saturated carbocycles. The molecule has 1 fully saturated rings. The molecule has 0 bridgehead atoms. The maximum absolute atomic E-state index is 4.86. The van der Waals surface area contributed by atoms with E-state index in [4.69, 9.17) is 9.97 Å². The standard InChI is InChI=1S/C19H21N5S/c1-13-21-18(17-14-5-4-6-15(14)25-19(17)22-13)24-11-9-23(10-12-24)16-7-2-3-8-20-16/h2-3,7-8H,4-6,9-12H2,1H3. The van der Waals surface area contributed by atoms with Gasteiger partial charge in [0.05, 0.1) is 5.39 Å². The monoisotopic (exact) mass is 351 g/mol. The Morgan fingerprint density at radius 3 is 2.64 bits per heavy atom. The zero-order chi connectivity index (χ0) is 16.8. The number of aryl methyl sites for hydroxylation is 3. The summed E-state index contributed by atoms with van der Waals surface area (Å²) in [7, 11) is 0. The van der Waals surface area contributed by atoms with Gasteiger partial charge in [-0.25, -0.2) is 15.0 Å². The first-order valence-electron chi connectivity index (χ1n) is 8.99. The quantitative estimate of drug-likeness (QED) is 0.709. The molecule has 0 radical (unpaired) electrons. The molecule has 3 aromatic rings. The number of nitrogens with zero attached hydrogens (tertiary/aromatic N) is 5. The van der Waals surface area contributed by atoms with Crippen LogP contribution in [0.5, 0.6) is 0 Å². The van der Waals surface area contributed by atoms with Crippen molar-refractivity contribution in [1.82, 2.24) is 15.0 Å². The Morgan fingerprint density at radius 2 is 1.84 bits per heavy atom. The van der Waals surface area contributed by atoms with E-state index in [0.29, 0.717) is 0 Å². The largest absolute Gasteiger partial charge is 0.353 e. The Kier molecular flexibility index (Phi) is 3.59. The number of thiophene rings is 1. The highest BCUT2D eigenvalue weighted by Crippen LogP contribution is 2.40. The van der Waals surface area contributed by atoms with Crippen molar-refractivity contribution in [2.24, 2.45) is 0 Å². The third-order valence-electron chi connectivity index (χ3n) is 5.21. The van der Waals surface area contributed by atoms with Crippen molar-refractivity contribution in [2.75, 3.05) is 36.0 Å². The molecule has 1 aliphatic heterocycles. The minimum absolute atomic E-state index is 0.884. The molecule has 1 saturated heterocycles. The molecule has 0 atom stereocenters. The first-order valence-corrected chi connectivity index (χ1v) is 9.81. The van der Waals surface area contributed by atoms with E-state index in [1.165, 1.54) is 39.9 Å². The lowest BCUT2D eigenvalue weighted by Gasteiger charge is -2.36. The Bertz CT molecular complexity index is 912. The summed E-state index contributed by atoms with van der Waals surface area (Å²) in [6, 6.07) is 6.12. The van der Waals surface area contributed by atoms with Gasteiger partial charge in [-0.1, -0.05) is 6.07 Å². The van der Waals surface area contributed by atoms with Gasteiger partial charge in [0.25, 0.3) is 0 Å². The van der Waals surface area contributed by atoms with E-state index in [2.05, 4.69) is 26.9 Å². The smallest absolute Gasteiger partial charge is 0.141 e. The van der Waals surface area contributed by atoms with Crippen molar-refractivity contribution in [3.8, 4) is 0 Å². The van der Waals surface area contributed by atoms with E-state index in [1.807, 2.05) is 30.5 Å². The van der Waals surface area contributed by atoms with Crippen LogP contribution in [0.15, 0.2) is 24.4 Å². The summed E-state index contributed by atoms with van der Waals surface area (Å²) in [4.78, 5) is 21.6. The van der Waals surface area contributed by atoms with E-state index in [1.54, 1.807) is 0 Å². The lowest BCUT2D eigenvalue weighted by molar-refractivity contribution is 0.642. The van der Waals surface area contributed by atoms with Gasteiger partial charge in [-0.3, -0.25) is 0 Å². The van der Waals surface area contributed by atoms with Crippen LogP contribution in [0.4, 0.5) is 11.6 Å². The molecule has 0 aromatic carbocycles.